The van der Waals surface area contributed by atoms with E-state index < -0.39 is 23.4 Å². The number of rotatable bonds is 4. The molecule has 4 fully saturated rings. The van der Waals surface area contributed by atoms with Crippen molar-refractivity contribution in [3.05, 3.63) is 0 Å². The summed E-state index contributed by atoms with van der Waals surface area (Å²) in [5, 5.41) is 2.77. The first-order valence-electron chi connectivity index (χ1n) is 9.49. The van der Waals surface area contributed by atoms with Gasteiger partial charge in [0, 0.05) is 19.6 Å². The van der Waals surface area contributed by atoms with Gasteiger partial charge in [0.25, 0.3) is 5.91 Å². The van der Waals surface area contributed by atoms with E-state index in [1.54, 1.807) is 0 Å². The lowest BCUT2D eigenvalue weighted by Gasteiger charge is -2.62. The van der Waals surface area contributed by atoms with Crippen molar-refractivity contribution in [2.24, 2.45) is 5.41 Å². The highest BCUT2D eigenvalue weighted by atomic mass is 16.2. The van der Waals surface area contributed by atoms with Gasteiger partial charge in [0.2, 0.25) is 11.8 Å². The second-order valence-electron chi connectivity index (χ2n) is 8.41. The number of urea groups is 2. The maximum Gasteiger partial charge on any atom is 0.333 e. The summed E-state index contributed by atoms with van der Waals surface area (Å²) in [4.78, 5) is 64.6. The minimum absolute atomic E-state index is 0.116. The topological polar surface area (TPSA) is 107 Å². The van der Waals surface area contributed by atoms with E-state index in [1.807, 2.05) is 6.92 Å². The molecule has 0 aromatic rings. The molecule has 1 N–H and O–H groups in total. The van der Waals surface area contributed by atoms with Gasteiger partial charge in [0.05, 0.1) is 0 Å². The molecule has 2 aliphatic heterocycles. The van der Waals surface area contributed by atoms with Gasteiger partial charge >= 0.3 is 12.1 Å². The van der Waals surface area contributed by atoms with Crippen molar-refractivity contribution >= 4 is 29.8 Å². The van der Waals surface area contributed by atoms with Crippen LogP contribution in [-0.2, 0) is 14.4 Å². The lowest BCUT2D eigenvalue weighted by molar-refractivity contribution is -0.159. The van der Waals surface area contributed by atoms with E-state index in [4.69, 9.17) is 0 Å². The molecule has 7 amide bonds. The lowest BCUT2D eigenvalue weighted by Crippen LogP contribution is -2.70. The Morgan fingerprint density at radius 2 is 1.74 bits per heavy atom. The Kier molecular flexibility index (Phi) is 3.83. The van der Waals surface area contributed by atoms with Crippen LogP contribution in [0.1, 0.15) is 51.9 Å². The number of amides is 7. The van der Waals surface area contributed by atoms with E-state index in [0.29, 0.717) is 38.6 Å². The quantitative estimate of drug-likeness (QED) is 0.578. The van der Waals surface area contributed by atoms with Gasteiger partial charge in [-0.3, -0.25) is 29.1 Å². The summed E-state index contributed by atoms with van der Waals surface area (Å²) >= 11 is 0. The Morgan fingerprint density at radius 3 is 2.30 bits per heavy atom. The van der Waals surface area contributed by atoms with Crippen LogP contribution in [-0.4, -0.2) is 69.7 Å². The predicted molar refractivity (Wildman–Crippen MR) is 92.2 cm³/mol. The Morgan fingerprint density at radius 1 is 1.07 bits per heavy atom. The molecule has 2 saturated heterocycles. The molecule has 9 nitrogen and oxygen atoms in total. The first kappa shape index (κ1) is 17.9. The number of hydrogen-bond acceptors (Lipinski definition) is 5. The fourth-order valence-electron chi connectivity index (χ4n) is 5.18. The van der Waals surface area contributed by atoms with Gasteiger partial charge in [0.1, 0.15) is 12.0 Å². The molecule has 0 unspecified atom stereocenters. The highest BCUT2D eigenvalue weighted by Crippen LogP contribution is 2.62. The molecule has 4 rings (SSSR count). The zero-order valence-electron chi connectivity index (χ0n) is 15.6. The molecule has 9 heteroatoms. The van der Waals surface area contributed by atoms with E-state index in [1.165, 1.54) is 16.8 Å². The zero-order valence-corrected chi connectivity index (χ0v) is 15.6. The van der Waals surface area contributed by atoms with Gasteiger partial charge in [-0.1, -0.05) is 13.3 Å². The number of unbranched alkanes of at least 4 members (excludes halogenated alkanes) is 1. The summed E-state index contributed by atoms with van der Waals surface area (Å²) in [6, 6.07) is -1.12. The monoisotopic (exact) mass is 376 g/mol. The minimum atomic E-state index is -0.810. The molecule has 2 spiro atoms. The average molecular weight is 376 g/mol. The zero-order chi connectivity index (χ0) is 19.6. The van der Waals surface area contributed by atoms with Crippen molar-refractivity contribution in [2.75, 3.05) is 13.6 Å². The number of nitrogens with one attached hydrogen (secondary N) is 1. The molecule has 2 aliphatic carbocycles. The summed E-state index contributed by atoms with van der Waals surface area (Å²) < 4.78 is 0. The van der Waals surface area contributed by atoms with E-state index in [2.05, 4.69) is 5.32 Å². The van der Waals surface area contributed by atoms with Crippen LogP contribution in [0.25, 0.3) is 0 Å². The normalized spacial score (nSPS) is 35.9. The summed E-state index contributed by atoms with van der Waals surface area (Å²) in [6.07, 6.45) is 3.63. The molecular formula is C18H24N4O5. The average Bonchev–Trinajstić information content (AvgIpc) is 2.76. The molecule has 2 saturated carbocycles. The number of hydrogen-bond donors (Lipinski definition) is 1. The van der Waals surface area contributed by atoms with Crippen LogP contribution in [0.4, 0.5) is 9.59 Å². The van der Waals surface area contributed by atoms with Gasteiger partial charge in [-0.2, -0.15) is 0 Å². The highest BCUT2D eigenvalue weighted by Gasteiger charge is 2.68. The predicted octanol–water partition coefficient (Wildman–Crippen LogP) is 0.830. The summed E-state index contributed by atoms with van der Waals surface area (Å²) in [5.74, 6) is -1.06. The standard InChI is InChI=1S/C18H24N4O5/c1-3-4-5-21-12(23)6-13(24)22(16(21)27)11-7-17(8-11)9-18(10-17)14(25)20(2)15(26)19-18/h11H,3-10H2,1-2H3,(H,19,26). The number of likely N-dealkylation sites (N-methyl/N-ethyl adjacent to an activating group) is 1. The van der Waals surface area contributed by atoms with Gasteiger partial charge in [0.15, 0.2) is 0 Å². The van der Waals surface area contributed by atoms with E-state index in [9.17, 15) is 24.0 Å². The van der Waals surface area contributed by atoms with E-state index in [-0.39, 0.29) is 29.8 Å². The number of barbiturate groups is 1. The third kappa shape index (κ3) is 2.47. The fraction of sp³-hybridized carbons (Fsp3) is 0.722. The molecular weight excluding hydrogens is 352 g/mol. The van der Waals surface area contributed by atoms with Gasteiger partial charge < -0.3 is 5.32 Å². The van der Waals surface area contributed by atoms with Crippen molar-refractivity contribution in [2.45, 2.75) is 63.5 Å². The minimum Gasteiger partial charge on any atom is -0.323 e. The van der Waals surface area contributed by atoms with Crippen molar-refractivity contribution in [3.63, 3.8) is 0 Å². The van der Waals surface area contributed by atoms with Gasteiger partial charge in [-0.25, -0.2) is 9.59 Å². The Hall–Kier alpha value is -2.45. The second-order valence-corrected chi connectivity index (χ2v) is 8.41. The second kappa shape index (κ2) is 5.77. The van der Waals surface area contributed by atoms with Crippen LogP contribution in [0.15, 0.2) is 0 Å². The number of nitrogens with zero attached hydrogens (tertiary/aromatic N) is 3. The van der Waals surface area contributed by atoms with E-state index in [0.717, 1.165) is 11.3 Å². The van der Waals surface area contributed by atoms with Crippen LogP contribution in [0.5, 0.6) is 0 Å². The van der Waals surface area contributed by atoms with Crippen LogP contribution in [0.2, 0.25) is 0 Å². The summed E-state index contributed by atoms with van der Waals surface area (Å²) in [6.45, 7) is 2.32. The van der Waals surface area contributed by atoms with Crippen molar-refractivity contribution < 1.29 is 24.0 Å². The number of carbonyl (C=O) groups excluding carboxylic acids is 5. The van der Waals surface area contributed by atoms with Gasteiger partial charge in [-0.15, -0.1) is 0 Å². The Balaban J connectivity index is 1.40. The van der Waals surface area contributed by atoms with Crippen LogP contribution >= 0.6 is 0 Å². The molecule has 0 bridgehead atoms. The van der Waals surface area contributed by atoms with Crippen molar-refractivity contribution in [1.82, 2.24) is 20.0 Å². The third-order valence-electron chi connectivity index (χ3n) is 6.47. The summed E-state index contributed by atoms with van der Waals surface area (Å²) in [5.41, 5.74) is -0.926. The first-order valence-corrected chi connectivity index (χ1v) is 9.49. The Labute approximate surface area is 157 Å². The molecule has 2 heterocycles. The van der Waals surface area contributed by atoms with Crippen molar-refractivity contribution in [1.29, 1.82) is 0 Å². The maximum absolute atomic E-state index is 12.7. The number of imide groups is 3. The molecule has 27 heavy (non-hydrogen) atoms. The van der Waals surface area contributed by atoms with Crippen LogP contribution in [0.3, 0.4) is 0 Å². The summed E-state index contributed by atoms with van der Waals surface area (Å²) in [7, 11) is 1.47. The smallest absolute Gasteiger partial charge is 0.323 e. The first-order chi connectivity index (χ1) is 12.7. The molecule has 4 aliphatic rings. The maximum atomic E-state index is 12.7. The largest absolute Gasteiger partial charge is 0.333 e. The number of carbonyl (C=O) groups is 5. The SMILES string of the molecule is CCCCN1C(=O)CC(=O)N(C2CC3(C2)CC2(C3)NC(=O)N(C)C2=O)C1=O. The Bertz CT molecular complexity index is 749. The molecule has 0 atom stereocenters. The highest BCUT2D eigenvalue weighted by molar-refractivity contribution is 6.14. The van der Waals surface area contributed by atoms with Gasteiger partial charge in [-0.05, 0) is 37.5 Å². The molecule has 0 radical (unpaired) electrons. The van der Waals surface area contributed by atoms with Crippen molar-refractivity contribution in [3.8, 4) is 0 Å². The molecule has 146 valence electrons. The van der Waals surface area contributed by atoms with Crippen LogP contribution < -0.4 is 5.32 Å². The lowest BCUT2D eigenvalue weighted by atomic mass is 9.46. The fourth-order valence-corrected chi connectivity index (χ4v) is 5.18. The van der Waals surface area contributed by atoms with Crippen LogP contribution in [0, 0.1) is 5.41 Å². The third-order valence-corrected chi connectivity index (χ3v) is 6.47. The van der Waals surface area contributed by atoms with E-state index >= 15 is 0 Å². The molecule has 0 aromatic carbocycles. The molecule has 0 aromatic heterocycles.